The Balaban J connectivity index is 2.26. The van der Waals surface area contributed by atoms with Crippen LogP contribution < -0.4 is 0 Å². The Bertz CT molecular complexity index is 694. The molecular formula is C17H24ClNO4S. The van der Waals surface area contributed by atoms with Crippen LogP contribution in [0.5, 0.6) is 0 Å². The van der Waals surface area contributed by atoms with Gasteiger partial charge in [0.15, 0.2) is 0 Å². The molecule has 0 N–H and O–H groups in total. The van der Waals surface area contributed by atoms with Crippen LogP contribution in [0.25, 0.3) is 0 Å². The second-order valence-electron chi connectivity index (χ2n) is 7.34. The number of carbonyl (C=O) groups excluding carboxylic acids is 1. The molecule has 1 aromatic carbocycles. The molecule has 0 bridgehead atoms. The molecule has 0 aromatic heterocycles. The Morgan fingerprint density at radius 1 is 1.21 bits per heavy atom. The number of benzene rings is 1. The Hall–Kier alpha value is -1.27. The minimum absolute atomic E-state index is 0.0564. The highest BCUT2D eigenvalue weighted by molar-refractivity contribution is 8.13. The van der Waals surface area contributed by atoms with E-state index in [4.69, 9.17) is 15.4 Å². The molecule has 2 rings (SSSR count). The molecule has 1 heterocycles. The van der Waals surface area contributed by atoms with Gasteiger partial charge in [-0.15, -0.1) is 0 Å². The number of hydrogen-bond donors (Lipinski definition) is 0. The molecule has 2 unspecified atom stereocenters. The van der Waals surface area contributed by atoms with Crippen LogP contribution in [0.4, 0.5) is 4.79 Å². The van der Waals surface area contributed by atoms with Crippen molar-refractivity contribution >= 4 is 25.8 Å². The van der Waals surface area contributed by atoms with Gasteiger partial charge in [-0.1, -0.05) is 19.1 Å². The zero-order valence-electron chi connectivity index (χ0n) is 14.5. The predicted octanol–water partition coefficient (Wildman–Crippen LogP) is 4.32. The fourth-order valence-electron chi connectivity index (χ4n) is 2.87. The number of piperidine rings is 1. The van der Waals surface area contributed by atoms with Gasteiger partial charge in [0, 0.05) is 17.2 Å². The number of likely N-dealkylation sites (tertiary alicyclic amines) is 1. The van der Waals surface area contributed by atoms with E-state index in [2.05, 4.69) is 6.92 Å². The van der Waals surface area contributed by atoms with Gasteiger partial charge in [0.1, 0.15) is 5.60 Å². The van der Waals surface area contributed by atoms with Gasteiger partial charge in [-0.3, -0.25) is 0 Å². The summed E-state index contributed by atoms with van der Waals surface area (Å²) in [6, 6.07) is 6.26. The Kier molecular flexibility index (Phi) is 5.50. The largest absolute Gasteiger partial charge is 0.444 e. The molecule has 1 aliphatic rings. The monoisotopic (exact) mass is 373 g/mol. The van der Waals surface area contributed by atoms with E-state index in [0.29, 0.717) is 12.5 Å². The Morgan fingerprint density at radius 2 is 1.79 bits per heavy atom. The zero-order chi connectivity index (χ0) is 18.1. The highest BCUT2D eigenvalue weighted by Gasteiger charge is 2.33. The maximum absolute atomic E-state index is 12.6. The number of hydrogen-bond acceptors (Lipinski definition) is 4. The van der Waals surface area contributed by atoms with Gasteiger partial charge in [0.2, 0.25) is 0 Å². The van der Waals surface area contributed by atoms with Gasteiger partial charge in [-0.05, 0) is 57.2 Å². The lowest BCUT2D eigenvalue weighted by molar-refractivity contribution is 0.00363. The lowest BCUT2D eigenvalue weighted by atomic mass is 9.90. The quantitative estimate of drug-likeness (QED) is 0.724. The maximum Gasteiger partial charge on any atom is 0.410 e. The standard InChI is InChI=1S/C17H24ClNO4S/c1-12-5-10-15(19(11-12)16(20)23-17(2,3)4)13-6-8-14(9-7-13)24(18,21)22/h6-9,12,15H,5,10-11H2,1-4H3. The molecule has 0 aliphatic carbocycles. The summed E-state index contributed by atoms with van der Waals surface area (Å²) in [6.07, 6.45) is 1.47. The highest BCUT2D eigenvalue weighted by atomic mass is 35.7. The van der Waals surface area contributed by atoms with Crippen molar-refractivity contribution in [2.75, 3.05) is 6.54 Å². The van der Waals surface area contributed by atoms with E-state index in [9.17, 15) is 13.2 Å². The van der Waals surface area contributed by atoms with Crippen LogP contribution in [0.15, 0.2) is 29.2 Å². The average Bonchev–Trinajstić information content (AvgIpc) is 2.44. The van der Waals surface area contributed by atoms with Crippen LogP contribution in [0.1, 0.15) is 52.1 Å². The van der Waals surface area contributed by atoms with Crippen molar-refractivity contribution in [2.24, 2.45) is 5.92 Å². The van der Waals surface area contributed by atoms with E-state index in [-0.39, 0.29) is 17.0 Å². The minimum Gasteiger partial charge on any atom is -0.444 e. The first kappa shape index (κ1) is 19.1. The molecule has 1 aliphatic heterocycles. The SMILES string of the molecule is CC1CCC(c2ccc(S(=O)(=O)Cl)cc2)N(C(=O)OC(C)(C)C)C1. The molecule has 134 valence electrons. The second kappa shape index (κ2) is 6.92. The highest BCUT2D eigenvalue weighted by Crippen LogP contribution is 2.35. The van der Waals surface area contributed by atoms with Crippen molar-refractivity contribution < 1.29 is 17.9 Å². The summed E-state index contributed by atoms with van der Waals surface area (Å²) in [5.74, 6) is 0.399. The molecule has 1 saturated heterocycles. The Labute approximate surface area is 148 Å². The molecule has 1 amide bonds. The van der Waals surface area contributed by atoms with Crippen molar-refractivity contribution in [2.45, 2.75) is 57.1 Å². The van der Waals surface area contributed by atoms with Gasteiger partial charge in [0.25, 0.3) is 9.05 Å². The first-order valence-electron chi connectivity index (χ1n) is 8.01. The number of halogens is 1. The fourth-order valence-corrected chi connectivity index (χ4v) is 3.64. The molecular weight excluding hydrogens is 350 g/mol. The Morgan fingerprint density at radius 3 is 2.29 bits per heavy atom. The van der Waals surface area contributed by atoms with Crippen molar-refractivity contribution in [1.82, 2.24) is 4.90 Å². The summed E-state index contributed by atoms with van der Waals surface area (Å²) in [6.45, 7) is 8.25. The molecule has 2 atom stereocenters. The van der Waals surface area contributed by atoms with Crippen LogP contribution in [-0.2, 0) is 13.8 Å². The van der Waals surface area contributed by atoms with E-state index >= 15 is 0 Å². The van der Waals surface area contributed by atoms with E-state index < -0.39 is 14.7 Å². The number of amides is 1. The molecule has 7 heteroatoms. The van der Waals surface area contributed by atoms with Crippen molar-refractivity contribution in [3.8, 4) is 0 Å². The van der Waals surface area contributed by atoms with Gasteiger partial charge in [-0.2, -0.15) is 0 Å². The topological polar surface area (TPSA) is 63.7 Å². The third-order valence-electron chi connectivity index (χ3n) is 3.99. The van der Waals surface area contributed by atoms with Crippen molar-refractivity contribution in [3.05, 3.63) is 29.8 Å². The number of ether oxygens (including phenoxy) is 1. The first-order valence-corrected chi connectivity index (χ1v) is 10.3. The third kappa shape index (κ3) is 4.86. The van der Waals surface area contributed by atoms with E-state index in [1.807, 2.05) is 20.8 Å². The summed E-state index contributed by atoms with van der Waals surface area (Å²) in [5, 5.41) is 0. The van der Waals surface area contributed by atoms with Gasteiger partial charge in [-0.25, -0.2) is 13.2 Å². The summed E-state index contributed by atoms with van der Waals surface area (Å²) >= 11 is 0. The molecule has 5 nitrogen and oxygen atoms in total. The van der Waals surface area contributed by atoms with E-state index in [1.165, 1.54) is 12.1 Å². The molecule has 1 fully saturated rings. The van der Waals surface area contributed by atoms with Crippen LogP contribution in [0, 0.1) is 5.92 Å². The summed E-state index contributed by atoms with van der Waals surface area (Å²) in [7, 11) is 1.61. The van der Waals surface area contributed by atoms with Crippen molar-refractivity contribution in [3.63, 3.8) is 0 Å². The maximum atomic E-state index is 12.6. The average molecular weight is 374 g/mol. The summed E-state index contributed by atoms with van der Waals surface area (Å²) in [4.78, 5) is 14.4. The predicted molar refractivity (Wildman–Crippen MR) is 93.6 cm³/mol. The number of rotatable bonds is 2. The summed E-state index contributed by atoms with van der Waals surface area (Å²) in [5.41, 5.74) is 0.329. The van der Waals surface area contributed by atoms with E-state index in [1.54, 1.807) is 17.0 Å². The molecule has 0 spiro atoms. The minimum atomic E-state index is -3.75. The fraction of sp³-hybridized carbons (Fsp3) is 0.588. The molecule has 0 radical (unpaired) electrons. The smallest absolute Gasteiger partial charge is 0.410 e. The second-order valence-corrected chi connectivity index (χ2v) is 9.90. The normalized spacial score (nSPS) is 22.3. The molecule has 0 saturated carbocycles. The van der Waals surface area contributed by atoms with Gasteiger partial charge >= 0.3 is 6.09 Å². The molecule has 24 heavy (non-hydrogen) atoms. The zero-order valence-corrected chi connectivity index (χ0v) is 16.0. The van der Waals surface area contributed by atoms with Crippen LogP contribution in [-0.4, -0.2) is 31.6 Å². The number of carbonyl (C=O) groups is 1. The third-order valence-corrected chi connectivity index (χ3v) is 5.36. The van der Waals surface area contributed by atoms with Crippen LogP contribution in [0.3, 0.4) is 0 Å². The van der Waals surface area contributed by atoms with Crippen LogP contribution >= 0.6 is 10.7 Å². The lowest BCUT2D eigenvalue weighted by Gasteiger charge is -2.39. The first-order chi connectivity index (χ1) is 11.0. The number of nitrogens with zero attached hydrogens (tertiary/aromatic N) is 1. The van der Waals surface area contributed by atoms with Crippen LogP contribution in [0.2, 0.25) is 0 Å². The summed E-state index contributed by atoms with van der Waals surface area (Å²) < 4.78 is 28.3. The molecule has 1 aromatic rings. The lowest BCUT2D eigenvalue weighted by Crippen LogP contribution is -2.44. The van der Waals surface area contributed by atoms with Gasteiger partial charge < -0.3 is 9.64 Å². The van der Waals surface area contributed by atoms with E-state index in [0.717, 1.165) is 18.4 Å². The van der Waals surface area contributed by atoms with Crippen molar-refractivity contribution in [1.29, 1.82) is 0 Å². The van der Waals surface area contributed by atoms with Gasteiger partial charge in [0.05, 0.1) is 10.9 Å².